The number of amidine groups is 1. The fraction of sp³-hybridized carbons (Fsp3) is 0.435. The largest absolute Gasteiger partial charge is 0.496 e. The van der Waals surface area contributed by atoms with Crippen LogP contribution >= 0.6 is 0 Å². The molecule has 0 bridgehead atoms. The van der Waals surface area contributed by atoms with Gasteiger partial charge in [-0.15, -0.1) is 4.99 Å². The molecule has 1 saturated heterocycles. The number of piperazine rings is 1. The molecule has 168 valence electrons. The maximum atomic E-state index is 13.2. The van der Waals surface area contributed by atoms with E-state index in [1.165, 1.54) is 10.8 Å². The smallest absolute Gasteiger partial charge is 0.446 e. The number of urea groups is 1. The number of hydrogen-bond donors (Lipinski definition) is 0. The van der Waals surface area contributed by atoms with E-state index in [1.54, 1.807) is 18.0 Å². The van der Waals surface area contributed by atoms with Gasteiger partial charge in [0.05, 0.1) is 13.7 Å². The molecule has 1 atom stereocenters. The monoisotopic (exact) mass is 438 g/mol. The van der Waals surface area contributed by atoms with Crippen LogP contribution in [0.25, 0.3) is 0 Å². The van der Waals surface area contributed by atoms with Gasteiger partial charge in [-0.1, -0.05) is 25.1 Å². The summed E-state index contributed by atoms with van der Waals surface area (Å²) in [6.45, 7) is 4.62. The summed E-state index contributed by atoms with van der Waals surface area (Å²) in [5.41, 5.74) is 1.12. The standard InChI is InChI=1S/C23H28N5O4/c1-3-15-32-18-9-10-24-21-20(18)22(30)28(23(31)25(21)2)16-19(29)27-13-11-26(12-14-27)17-7-5-4-6-8-17/h4-10,20H,3,11-16H2,1-2H3/q+1. The number of ether oxygens (including phenoxy) is 1. The third-order valence-electron chi connectivity index (χ3n) is 5.88. The summed E-state index contributed by atoms with van der Waals surface area (Å²) < 4.78 is 7.07. The first-order valence-electron chi connectivity index (χ1n) is 10.9. The first-order valence-corrected chi connectivity index (χ1v) is 10.9. The molecule has 3 heterocycles. The van der Waals surface area contributed by atoms with Crippen LogP contribution in [-0.2, 0) is 14.3 Å². The van der Waals surface area contributed by atoms with E-state index in [0.717, 1.165) is 17.0 Å². The highest BCUT2D eigenvalue weighted by atomic mass is 16.5. The number of nitrogens with zero attached hydrogens (tertiary/aromatic N) is 5. The number of amides is 4. The molecule has 32 heavy (non-hydrogen) atoms. The van der Waals surface area contributed by atoms with Gasteiger partial charge in [-0.25, -0.2) is 4.79 Å². The second-order valence-corrected chi connectivity index (χ2v) is 7.96. The Kier molecular flexibility index (Phi) is 6.34. The minimum atomic E-state index is -0.808. The molecule has 1 unspecified atom stereocenters. The number of hydrogen-bond acceptors (Lipinski definition) is 6. The lowest BCUT2D eigenvalue weighted by Crippen LogP contribution is -2.58. The number of imide groups is 1. The molecule has 0 spiro atoms. The van der Waals surface area contributed by atoms with Crippen molar-refractivity contribution in [2.45, 2.75) is 13.3 Å². The highest BCUT2D eigenvalue weighted by Crippen LogP contribution is 2.25. The average Bonchev–Trinajstić information content (AvgIpc) is 2.84. The van der Waals surface area contributed by atoms with Gasteiger partial charge in [0.15, 0.2) is 12.5 Å². The summed E-state index contributed by atoms with van der Waals surface area (Å²) in [4.78, 5) is 48.2. The summed E-state index contributed by atoms with van der Waals surface area (Å²) in [6.07, 6.45) is 3.96. The van der Waals surface area contributed by atoms with Crippen LogP contribution in [0.4, 0.5) is 10.5 Å². The van der Waals surface area contributed by atoms with Crippen LogP contribution in [0.3, 0.4) is 0 Å². The average molecular weight is 439 g/mol. The highest BCUT2D eigenvalue weighted by molar-refractivity contribution is 6.16. The summed E-state index contributed by atoms with van der Waals surface area (Å²) >= 11 is 0. The second-order valence-electron chi connectivity index (χ2n) is 7.96. The molecule has 3 aliphatic heterocycles. The molecule has 9 heteroatoms. The van der Waals surface area contributed by atoms with E-state index in [9.17, 15) is 14.4 Å². The zero-order valence-electron chi connectivity index (χ0n) is 18.4. The Hall–Kier alpha value is -3.49. The van der Waals surface area contributed by atoms with Crippen molar-refractivity contribution in [2.75, 3.05) is 51.3 Å². The molecule has 1 fully saturated rings. The van der Waals surface area contributed by atoms with Crippen molar-refractivity contribution in [3.05, 3.63) is 42.2 Å². The minimum Gasteiger partial charge on any atom is -0.496 e. The lowest BCUT2D eigenvalue weighted by atomic mass is 9.99. The van der Waals surface area contributed by atoms with E-state index >= 15 is 0 Å². The maximum Gasteiger partial charge on any atom is 0.446 e. The molecule has 0 aromatic heterocycles. The van der Waals surface area contributed by atoms with Crippen LogP contribution in [-0.4, -0.2) is 90.6 Å². The molecule has 3 aliphatic rings. The van der Waals surface area contributed by atoms with Gasteiger partial charge < -0.3 is 14.5 Å². The molecular weight excluding hydrogens is 410 g/mol. The van der Waals surface area contributed by atoms with Crippen LogP contribution in [0.2, 0.25) is 0 Å². The van der Waals surface area contributed by atoms with Crippen LogP contribution < -0.4 is 4.90 Å². The van der Waals surface area contributed by atoms with Crippen LogP contribution in [0.1, 0.15) is 13.3 Å². The summed E-state index contributed by atoms with van der Waals surface area (Å²) in [7, 11) is 1.56. The topological polar surface area (TPSA) is 85.5 Å². The Morgan fingerprint density at radius 3 is 2.56 bits per heavy atom. The quantitative estimate of drug-likeness (QED) is 0.626. The van der Waals surface area contributed by atoms with E-state index in [-0.39, 0.29) is 12.5 Å². The predicted octanol–water partition coefficient (Wildman–Crippen LogP) is 1.35. The van der Waals surface area contributed by atoms with E-state index in [4.69, 9.17) is 4.74 Å². The van der Waals surface area contributed by atoms with Gasteiger partial charge in [0, 0.05) is 37.9 Å². The summed E-state index contributed by atoms with van der Waals surface area (Å²) in [5.74, 6) is -0.741. The van der Waals surface area contributed by atoms with Crippen molar-refractivity contribution in [2.24, 2.45) is 10.9 Å². The molecular formula is C23H28N5O4+. The third kappa shape index (κ3) is 4.15. The van der Waals surface area contributed by atoms with Gasteiger partial charge in [0.25, 0.3) is 11.7 Å². The maximum absolute atomic E-state index is 13.2. The van der Waals surface area contributed by atoms with E-state index < -0.39 is 17.9 Å². The number of carbonyl (C=O) groups is 3. The molecule has 1 aromatic carbocycles. The number of allylic oxidation sites excluding steroid dienone is 1. The first kappa shape index (κ1) is 21.7. The Labute approximate surface area is 187 Å². The van der Waals surface area contributed by atoms with Crippen LogP contribution in [0.15, 0.2) is 47.2 Å². The molecule has 0 N–H and O–H groups in total. The molecule has 9 nitrogen and oxygen atoms in total. The van der Waals surface area contributed by atoms with Gasteiger partial charge in [-0.3, -0.25) is 9.59 Å². The van der Waals surface area contributed by atoms with Gasteiger partial charge >= 0.3 is 11.9 Å². The first-order chi connectivity index (χ1) is 15.5. The molecule has 4 amide bonds. The molecule has 1 aromatic rings. The molecule has 4 rings (SSSR count). The number of carbonyl (C=O) groups excluding carboxylic acids is 3. The van der Waals surface area contributed by atoms with Crippen LogP contribution in [0.5, 0.6) is 0 Å². The van der Waals surface area contributed by atoms with Gasteiger partial charge in [-0.2, -0.15) is 9.48 Å². The summed E-state index contributed by atoms with van der Waals surface area (Å²) in [5, 5.41) is 0. The number of dihydropyridines is 1. The third-order valence-corrected chi connectivity index (χ3v) is 5.88. The van der Waals surface area contributed by atoms with Crippen molar-refractivity contribution < 1.29 is 23.7 Å². The van der Waals surface area contributed by atoms with Crippen molar-refractivity contribution in [1.29, 1.82) is 0 Å². The van der Waals surface area contributed by atoms with E-state index in [2.05, 4.69) is 9.89 Å². The molecule has 0 radical (unpaired) electrons. The van der Waals surface area contributed by atoms with E-state index in [0.29, 0.717) is 44.4 Å². The fourth-order valence-corrected chi connectivity index (χ4v) is 4.11. The Morgan fingerprint density at radius 2 is 1.88 bits per heavy atom. The minimum absolute atomic E-state index is 0.240. The number of benzene rings is 1. The lowest BCUT2D eigenvalue weighted by Gasteiger charge is -2.36. The lowest BCUT2D eigenvalue weighted by molar-refractivity contribution is -0.408. The number of para-hydroxylation sites is 1. The number of anilines is 1. The van der Waals surface area contributed by atoms with Gasteiger partial charge in [0.2, 0.25) is 0 Å². The SMILES string of the molecule is CCCOC1=CC=NC2=[N+](C)C(=O)N(CC(=O)N3CCN(c4ccccc4)CC3)C(=O)C12. The Bertz CT molecular complexity index is 993. The van der Waals surface area contributed by atoms with Gasteiger partial charge in [-0.05, 0) is 18.6 Å². The second kappa shape index (κ2) is 9.33. The molecule has 0 aliphatic carbocycles. The zero-order chi connectivity index (χ0) is 22.7. The highest BCUT2D eigenvalue weighted by Gasteiger charge is 2.50. The fourth-order valence-electron chi connectivity index (χ4n) is 4.11. The Morgan fingerprint density at radius 1 is 1.16 bits per heavy atom. The van der Waals surface area contributed by atoms with Crippen molar-refractivity contribution in [1.82, 2.24) is 9.80 Å². The van der Waals surface area contributed by atoms with Crippen molar-refractivity contribution in [3.63, 3.8) is 0 Å². The van der Waals surface area contributed by atoms with E-state index in [1.807, 2.05) is 37.3 Å². The zero-order valence-corrected chi connectivity index (χ0v) is 18.4. The van der Waals surface area contributed by atoms with Crippen molar-refractivity contribution >= 4 is 35.6 Å². The number of fused-ring (bicyclic) bond motifs is 1. The summed E-state index contributed by atoms with van der Waals surface area (Å²) in [6, 6.07) is 9.50. The molecule has 0 saturated carbocycles. The predicted molar refractivity (Wildman–Crippen MR) is 120 cm³/mol. The van der Waals surface area contributed by atoms with Crippen LogP contribution in [0, 0.1) is 5.92 Å². The van der Waals surface area contributed by atoms with Gasteiger partial charge in [0.1, 0.15) is 12.0 Å². The number of rotatable bonds is 6. The number of aliphatic imine (C=N–C) groups is 1. The normalized spacial score (nSPS) is 21.0. The Balaban J connectivity index is 1.44. The van der Waals surface area contributed by atoms with Crippen molar-refractivity contribution in [3.8, 4) is 0 Å².